The minimum Gasteiger partial charge on any atom is -0.354 e. The number of benzene rings is 2. The topological polar surface area (TPSA) is 55.1 Å². The second-order valence-electron chi connectivity index (χ2n) is 4.98. The van der Waals surface area contributed by atoms with Crippen LogP contribution in [0.15, 0.2) is 60.7 Å². The van der Waals surface area contributed by atoms with Crippen LogP contribution in [-0.4, -0.2) is 18.5 Å². The van der Waals surface area contributed by atoms with Gasteiger partial charge in [0.25, 0.3) is 0 Å². The van der Waals surface area contributed by atoms with E-state index in [9.17, 15) is 4.79 Å². The number of carbonyl (C=O) groups excluding carboxylic acids is 1. The monoisotopic (exact) mass is 268 g/mol. The molecule has 104 valence electrons. The highest BCUT2D eigenvalue weighted by molar-refractivity contribution is 5.87. The summed E-state index contributed by atoms with van der Waals surface area (Å²) in [5, 5.41) is 2.92. The first-order chi connectivity index (χ1) is 9.68. The van der Waals surface area contributed by atoms with Gasteiger partial charge < -0.3 is 11.1 Å². The summed E-state index contributed by atoms with van der Waals surface area (Å²) >= 11 is 0. The van der Waals surface area contributed by atoms with Crippen LogP contribution in [0.1, 0.15) is 24.0 Å². The number of hydrogen-bond acceptors (Lipinski definition) is 2. The molecule has 0 heterocycles. The summed E-state index contributed by atoms with van der Waals surface area (Å²) in [6, 6.07) is 19.5. The predicted octanol–water partition coefficient (Wildman–Crippen LogP) is 2.28. The molecule has 1 amide bonds. The van der Waals surface area contributed by atoms with Crippen LogP contribution in [0.3, 0.4) is 0 Å². The van der Waals surface area contributed by atoms with Crippen LogP contribution in [0, 0.1) is 0 Å². The van der Waals surface area contributed by atoms with Gasteiger partial charge in [-0.2, -0.15) is 0 Å². The molecule has 2 rings (SSSR count). The van der Waals surface area contributed by atoms with Gasteiger partial charge in [0.2, 0.25) is 5.91 Å². The van der Waals surface area contributed by atoms with Crippen LogP contribution < -0.4 is 11.1 Å². The average molecular weight is 268 g/mol. The minimum atomic E-state index is -0.295. The highest BCUT2D eigenvalue weighted by Gasteiger charge is 2.22. The van der Waals surface area contributed by atoms with Crippen LogP contribution in [0.5, 0.6) is 0 Å². The first kappa shape index (κ1) is 14.3. The lowest BCUT2D eigenvalue weighted by atomic mass is 9.90. The van der Waals surface area contributed by atoms with E-state index >= 15 is 0 Å². The van der Waals surface area contributed by atoms with Gasteiger partial charge in [-0.15, -0.1) is 0 Å². The van der Waals surface area contributed by atoms with Crippen LogP contribution in [0.25, 0.3) is 0 Å². The van der Waals surface area contributed by atoms with E-state index in [1.165, 1.54) is 0 Å². The Kier molecular flexibility index (Phi) is 4.91. The van der Waals surface area contributed by atoms with Crippen molar-refractivity contribution < 1.29 is 4.79 Å². The number of carbonyl (C=O) groups is 1. The van der Waals surface area contributed by atoms with Crippen molar-refractivity contribution in [1.29, 1.82) is 0 Å². The van der Waals surface area contributed by atoms with Crippen molar-refractivity contribution >= 4 is 5.91 Å². The molecule has 0 bridgehead atoms. The number of nitrogens with one attached hydrogen (secondary N) is 1. The largest absolute Gasteiger partial charge is 0.354 e. The predicted molar refractivity (Wildman–Crippen MR) is 81.4 cm³/mol. The van der Waals surface area contributed by atoms with Crippen LogP contribution in [0.4, 0.5) is 0 Å². The van der Waals surface area contributed by atoms with Gasteiger partial charge in [-0.25, -0.2) is 0 Å². The van der Waals surface area contributed by atoms with Crippen LogP contribution >= 0.6 is 0 Å². The summed E-state index contributed by atoms with van der Waals surface area (Å²) in [7, 11) is 0. The molecule has 3 nitrogen and oxygen atoms in total. The van der Waals surface area contributed by atoms with Crippen molar-refractivity contribution in [2.75, 3.05) is 6.54 Å². The Morgan fingerprint density at radius 3 is 1.85 bits per heavy atom. The molecule has 20 heavy (non-hydrogen) atoms. The molecule has 0 aliphatic carbocycles. The Labute approximate surface area is 119 Å². The van der Waals surface area contributed by atoms with Gasteiger partial charge in [0, 0.05) is 12.6 Å². The van der Waals surface area contributed by atoms with Crippen molar-refractivity contribution in [3.8, 4) is 0 Å². The van der Waals surface area contributed by atoms with E-state index in [1.807, 2.05) is 67.6 Å². The maximum Gasteiger partial charge on any atom is 0.232 e. The minimum absolute atomic E-state index is 0.0142. The summed E-state index contributed by atoms with van der Waals surface area (Å²) < 4.78 is 0. The SMILES string of the molecule is CC(N)CNC(=O)C(c1ccccc1)c1ccccc1. The molecule has 0 aromatic heterocycles. The van der Waals surface area contributed by atoms with E-state index in [4.69, 9.17) is 5.73 Å². The molecule has 0 fully saturated rings. The quantitative estimate of drug-likeness (QED) is 0.874. The van der Waals surface area contributed by atoms with Crippen molar-refractivity contribution in [3.63, 3.8) is 0 Å². The fraction of sp³-hybridized carbons (Fsp3) is 0.235. The molecule has 1 atom stereocenters. The van der Waals surface area contributed by atoms with E-state index in [0.29, 0.717) is 6.54 Å². The highest BCUT2D eigenvalue weighted by atomic mass is 16.1. The molecular formula is C17H20N2O. The van der Waals surface area contributed by atoms with Crippen LogP contribution in [0.2, 0.25) is 0 Å². The summed E-state index contributed by atoms with van der Waals surface area (Å²) in [5.74, 6) is -0.309. The Balaban J connectivity index is 2.28. The van der Waals surface area contributed by atoms with E-state index in [-0.39, 0.29) is 17.9 Å². The zero-order valence-electron chi connectivity index (χ0n) is 11.6. The van der Waals surface area contributed by atoms with Gasteiger partial charge in [0.15, 0.2) is 0 Å². The number of nitrogens with two attached hydrogens (primary N) is 1. The fourth-order valence-corrected chi connectivity index (χ4v) is 2.15. The summed E-state index contributed by atoms with van der Waals surface area (Å²) in [4.78, 5) is 12.5. The molecule has 3 N–H and O–H groups in total. The standard InChI is InChI=1S/C17H20N2O/c1-13(18)12-19-17(20)16(14-8-4-2-5-9-14)15-10-6-3-7-11-15/h2-11,13,16H,12,18H2,1H3,(H,19,20). The molecule has 0 saturated carbocycles. The Morgan fingerprint density at radius 2 is 1.45 bits per heavy atom. The Hall–Kier alpha value is -2.13. The molecule has 1 unspecified atom stereocenters. The summed E-state index contributed by atoms with van der Waals surface area (Å²) in [6.45, 7) is 2.36. The van der Waals surface area contributed by atoms with Gasteiger partial charge in [0.1, 0.15) is 0 Å². The lowest BCUT2D eigenvalue weighted by molar-refractivity contribution is -0.121. The smallest absolute Gasteiger partial charge is 0.232 e. The van der Waals surface area contributed by atoms with E-state index in [1.54, 1.807) is 0 Å². The lowest BCUT2D eigenvalue weighted by Gasteiger charge is -2.18. The zero-order valence-corrected chi connectivity index (χ0v) is 11.6. The van der Waals surface area contributed by atoms with Gasteiger partial charge in [-0.1, -0.05) is 60.7 Å². The van der Waals surface area contributed by atoms with E-state index < -0.39 is 0 Å². The Morgan fingerprint density at radius 1 is 1.00 bits per heavy atom. The van der Waals surface area contributed by atoms with Gasteiger partial charge in [-0.05, 0) is 18.1 Å². The molecule has 0 aliphatic heterocycles. The van der Waals surface area contributed by atoms with Gasteiger partial charge >= 0.3 is 0 Å². The first-order valence-corrected chi connectivity index (χ1v) is 6.81. The number of rotatable bonds is 5. The molecule has 2 aromatic carbocycles. The third-order valence-electron chi connectivity index (χ3n) is 3.13. The van der Waals surface area contributed by atoms with Crippen molar-refractivity contribution in [2.45, 2.75) is 18.9 Å². The molecule has 3 heteroatoms. The second kappa shape index (κ2) is 6.87. The molecule has 2 aromatic rings. The van der Waals surface area contributed by atoms with E-state index in [0.717, 1.165) is 11.1 Å². The molecule has 0 spiro atoms. The summed E-state index contributed by atoms with van der Waals surface area (Å²) in [6.07, 6.45) is 0. The van der Waals surface area contributed by atoms with Gasteiger partial charge in [-0.3, -0.25) is 4.79 Å². The molecule has 0 saturated heterocycles. The third kappa shape index (κ3) is 3.68. The van der Waals surface area contributed by atoms with Crippen molar-refractivity contribution in [2.24, 2.45) is 5.73 Å². The second-order valence-corrected chi connectivity index (χ2v) is 4.98. The maximum absolute atomic E-state index is 12.5. The lowest BCUT2D eigenvalue weighted by Crippen LogP contribution is -2.38. The molecule has 0 radical (unpaired) electrons. The van der Waals surface area contributed by atoms with Crippen molar-refractivity contribution in [1.82, 2.24) is 5.32 Å². The fourth-order valence-electron chi connectivity index (χ4n) is 2.15. The third-order valence-corrected chi connectivity index (χ3v) is 3.13. The number of hydrogen-bond donors (Lipinski definition) is 2. The maximum atomic E-state index is 12.5. The Bertz CT molecular complexity index is 498. The van der Waals surface area contributed by atoms with Crippen molar-refractivity contribution in [3.05, 3.63) is 71.8 Å². The highest BCUT2D eigenvalue weighted by Crippen LogP contribution is 2.24. The molecular weight excluding hydrogens is 248 g/mol. The number of amides is 1. The molecule has 0 aliphatic rings. The first-order valence-electron chi connectivity index (χ1n) is 6.81. The zero-order chi connectivity index (χ0) is 14.4. The normalized spacial score (nSPS) is 12.2. The van der Waals surface area contributed by atoms with Crippen LogP contribution in [-0.2, 0) is 4.79 Å². The van der Waals surface area contributed by atoms with Gasteiger partial charge in [0.05, 0.1) is 5.92 Å². The summed E-state index contributed by atoms with van der Waals surface area (Å²) in [5.41, 5.74) is 7.68. The average Bonchev–Trinajstić information content (AvgIpc) is 2.48. The van der Waals surface area contributed by atoms with E-state index in [2.05, 4.69) is 5.32 Å².